The summed E-state index contributed by atoms with van der Waals surface area (Å²) in [5, 5.41) is 10.3. The first kappa shape index (κ1) is 20.8. The highest BCUT2D eigenvalue weighted by Crippen LogP contribution is 2.30. The fourth-order valence-electron chi connectivity index (χ4n) is 4.80. The summed E-state index contributed by atoms with van der Waals surface area (Å²) >= 11 is 6.08. The minimum absolute atomic E-state index is 0.0207. The average Bonchev–Trinajstić information content (AvgIpc) is 3.32. The fourth-order valence-corrected chi connectivity index (χ4v) is 4.93. The number of halogens is 1. The largest absolute Gasteiger partial charge is 0.338 e. The van der Waals surface area contributed by atoms with Gasteiger partial charge in [-0.1, -0.05) is 48.0 Å². The zero-order chi connectivity index (χ0) is 23.1. The lowest BCUT2D eigenvalue weighted by atomic mass is 9.95. The van der Waals surface area contributed by atoms with Gasteiger partial charge in [0.25, 0.3) is 5.91 Å². The van der Waals surface area contributed by atoms with Crippen molar-refractivity contribution in [1.82, 2.24) is 24.5 Å². The molecule has 1 amide bonds. The van der Waals surface area contributed by atoms with Crippen LogP contribution >= 0.6 is 11.6 Å². The van der Waals surface area contributed by atoms with Gasteiger partial charge in [-0.05, 0) is 49.2 Å². The third kappa shape index (κ3) is 3.70. The van der Waals surface area contributed by atoms with Crippen molar-refractivity contribution in [2.24, 2.45) is 0 Å². The van der Waals surface area contributed by atoms with Gasteiger partial charge >= 0.3 is 0 Å². The maximum absolute atomic E-state index is 13.9. The first-order chi connectivity index (χ1) is 16.7. The molecule has 4 heterocycles. The van der Waals surface area contributed by atoms with E-state index in [2.05, 4.69) is 10.2 Å². The number of pyridine rings is 2. The van der Waals surface area contributed by atoms with Gasteiger partial charge in [-0.15, -0.1) is 10.2 Å². The lowest BCUT2D eigenvalue weighted by Gasteiger charge is -2.32. The highest BCUT2D eigenvalue weighted by atomic mass is 35.5. The molecule has 0 saturated carbocycles. The number of amides is 1. The van der Waals surface area contributed by atoms with E-state index in [9.17, 15) is 4.79 Å². The number of aromatic nitrogens is 4. The summed E-state index contributed by atoms with van der Waals surface area (Å²) in [5.41, 5.74) is 3.98. The Morgan fingerprint density at radius 3 is 2.68 bits per heavy atom. The van der Waals surface area contributed by atoms with E-state index in [0.29, 0.717) is 17.1 Å². The van der Waals surface area contributed by atoms with Crippen molar-refractivity contribution in [3.05, 3.63) is 95.4 Å². The van der Waals surface area contributed by atoms with Crippen LogP contribution in [0.5, 0.6) is 0 Å². The van der Waals surface area contributed by atoms with Gasteiger partial charge in [0.15, 0.2) is 5.65 Å². The van der Waals surface area contributed by atoms with Crippen LogP contribution in [0.3, 0.4) is 0 Å². The molecule has 0 spiro atoms. The Balaban J connectivity index is 1.37. The van der Waals surface area contributed by atoms with E-state index in [0.717, 1.165) is 53.0 Å². The molecule has 6 nitrogen and oxygen atoms in total. The van der Waals surface area contributed by atoms with E-state index < -0.39 is 0 Å². The van der Waals surface area contributed by atoms with Gasteiger partial charge in [0, 0.05) is 41.2 Å². The molecular formula is C27H22ClN5O. The molecule has 0 bridgehead atoms. The average molecular weight is 468 g/mol. The molecule has 1 atom stereocenters. The van der Waals surface area contributed by atoms with Crippen molar-refractivity contribution >= 4 is 34.1 Å². The smallest absolute Gasteiger partial charge is 0.254 e. The predicted octanol–water partition coefficient (Wildman–Crippen LogP) is 5.62. The molecule has 1 aliphatic rings. The molecule has 0 radical (unpaired) electrons. The lowest BCUT2D eigenvalue weighted by Crippen LogP contribution is -2.39. The maximum atomic E-state index is 13.9. The number of rotatable bonds is 3. The zero-order valence-electron chi connectivity index (χ0n) is 18.4. The lowest BCUT2D eigenvalue weighted by molar-refractivity contribution is 0.0706. The van der Waals surface area contributed by atoms with Crippen molar-refractivity contribution in [1.29, 1.82) is 0 Å². The van der Waals surface area contributed by atoms with Crippen LogP contribution in [0.15, 0.2) is 79.0 Å². The Morgan fingerprint density at radius 2 is 1.79 bits per heavy atom. The number of likely N-dealkylation sites (tertiary alicyclic amines) is 1. The van der Waals surface area contributed by atoms with Gasteiger partial charge in [0.05, 0.1) is 16.8 Å². The van der Waals surface area contributed by atoms with Gasteiger partial charge in [0.2, 0.25) is 0 Å². The second-order valence-corrected chi connectivity index (χ2v) is 9.09. The Morgan fingerprint density at radius 1 is 0.971 bits per heavy atom. The van der Waals surface area contributed by atoms with Crippen molar-refractivity contribution in [3.8, 4) is 11.3 Å². The Hall–Kier alpha value is -3.77. The zero-order valence-corrected chi connectivity index (χ0v) is 19.2. The quantitative estimate of drug-likeness (QED) is 0.345. The molecule has 6 rings (SSSR count). The van der Waals surface area contributed by atoms with Gasteiger partial charge in [0.1, 0.15) is 5.82 Å². The predicted molar refractivity (Wildman–Crippen MR) is 133 cm³/mol. The van der Waals surface area contributed by atoms with E-state index in [1.54, 1.807) is 0 Å². The molecule has 7 heteroatoms. The van der Waals surface area contributed by atoms with Gasteiger partial charge in [-0.25, -0.2) is 4.98 Å². The number of hydrogen-bond donors (Lipinski definition) is 0. The molecule has 1 aliphatic heterocycles. The Kier molecular flexibility index (Phi) is 5.23. The van der Waals surface area contributed by atoms with Crippen LogP contribution in [0.2, 0.25) is 5.02 Å². The van der Waals surface area contributed by atoms with Crippen molar-refractivity contribution in [2.45, 2.75) is 18.8 Å². The third-order valence-corrected chi connectivity index (χ3v) is 6.75. The van der Waals surface area contributed by atoms with E-state index >= 15 is 0 Å². The molecule has 2 aromatic carbocycles. The van der Waals surface area contributed by atoms with E-state index in [1.165, 1.54) is 0 Å². The first-order valence-corrected chi connectivity index (χ1v) is 11.8. The SMILES string of the molecule is O=C(c1cc(-c2ccc(Cl)cc2)nc2ccccc12)N1CCC[C@@H](c2nnc3ccccn23)C1. The molecule has 0 N–H and O–H groups in total. The van der Waals surface area contributed by atoms with Crippen LogP contribution in [0.4, 0.5) is 0 Å². The number of hydrogen-bond acceptors (Lipinski definition) is 4. The minimum atomic E-state index is 0.0207. The summed E-state index contributed by atoms with van der Waals surface area (Å²) in [6.07, 6.45) is 3.89. The number of nitrogens with zero attached hydrogens (tertiary/aromatic N) is 5. The minimum Gasteiger partial charge on any atom is -0.338 e. The van der Waals surface area contributed by atoms with Crippen LogP contribution in [0.1, 0.15) is 34.9 Å². The van der Waals surface area contributed by atoms with E-state index in [1.807, 2.05) is 88.3 Å². The third-order valence-electron chi connectivity index (χ3n) is 6.50. The number of para-hydroxylation sites is 1. The van der Waals surface area contributed by atoms with Crippen LogP contribution in [0.25, 0.3) is 27.8 Å². The molecule has 1 saturated heterocycles. The highest BCUT2D eigenvalue weighted by molar-refractivity contribution is 6.30. The molecule has 0 unspecified atom stereocenters. The van der Waals surface area contributed by atoms with Crippen molar-refractivity contribution in [2.75, 3.05) is 13.1 Å². The van der Waals surface area contributed by atoms with Gasteiger partial charge in [-0.3, -0.25) is 9.20 Å². The molecule has 34 heavy (non-hydrogen) atoms. The van der Waals surface area contributed by atoms with Gasteiger partial charge in [-0.2, -0.15) is 0 Å². The summed E-state index contributed by atoms with van der Waals surface area (Å²) in [4.78, 5) is 20.6. The Bertz CT molecular complexity index is 1510. The maximum Gasteiger partial charge on any atom is 0.254 e. The van der Waals surface area contributed by atoms with Gasteiger partial charge < -0.3 is 4.90 Å². The number of piperidine rings is 1. The fraction of sp³-hybridized carbons (Fsp3) is 0.185. The second kappa shape index (κ2) is 8.54. The normalized spacial score (nSPS) is 16.3. The highest BCUT2D eigenvalue weighted by Gasteiger charge is 2.29. The number of carbonyl (C=O) groups excluding carboxylic acids is 1. The van der Waals surface area contributed by atoms with Crippen LogP contribution in [0, 0.1) is 0 Å². The first-order valence-electron chi connectivity index (χ1n) is 11.4. The number of carbonyl (C=O) groups is 1. The molecule has 168 valence electrons. The van der Waals surface area contributed by atoms with E-state index in [4.69, 9.17) is 16.6 Å². The Labute approximate surface area is 201 Å². The summed E-state index contributed by atoms with van der Waals surface area (Å²) in [6, 6.07) is 23.1. The molecule has 1 fully saturated rings. The standard InChI is InChI=1S/C27H22ClN5O/c28-20-12-10-18(11-13-20)24-16-22(21-7-1-2-8-23(21)29-24)27(34)32-14-5-6-19(17-32)26-31-30-25-9-3-4-15-33(25)26/h1-4,7-13,15-16,19H,5-6,14,17H2/t19-/m1/s1. The summed E-state index contributed by atoms with van der Waals surface area (Å²) in [7, 11) is 0. The molecule has 5 aromatic rings. The number of fused-ring (bicyclic) bond motifs is 2. The van der Waals surface area contributed by atoms with E-state index in [-0.39, 0.29) is 11.8 Å². The topological polar surface area (TPSA) is 63.4 Å². The monoisotopic (exact) mass is 467 g/mol. The number of benzene rings is 2. The van der Waals surface area contributed by atoms with Crippen molar-refractivity contribution in [3.63, 3.8) is 0 Å². The molecule has 0 aliphatic carbocycles. The second-order valence-electron chi connectivity index (χ2n) is 8.66. The molecular weight excluding hydrogens is 446 g/mol. The summed E-state index contributed by atoms with van der Waals surface area (Å²) in [5.74, 6) is 1.07. The summed E-state index contributed by atoms with van der Waals surface area (Å²) in [6.45, 7) is 1.33. The van der Waals surface area contributed by atoms with Crippen LogP contribution < -0.4 is 0 Å². The van der Waals surface area contributed by atoms with Crippen molar-refractivity contribution < 1.29 is 4.79 Å². The summed E-state index contributed by atoms with van der Waals surface area (Å²) < 4.78 is 2.03. The molecule has 3 aromatic heterocycles. The van der Waals surface area contributed by atoms with Crippen LogP contribution in [-0.4, -0.2) is 43.5 Å². The van der Waals surface area contributed by atoms with Crippen LogP contribution in [-0.2, 0) is 0 Å².